The minimum Gasteiger partial charge on any atom is -0.455 e. The second-order valence-electron chi connectivity index (χ2n) is 11.0. The molecule has 0 saturated heterocycles. The van der Waals surface area contributed by atoms with E-state index in [1.54, 1.807) is 0 Å². The zero-order valence-corrected chi connectivity index (χ0v) is 23.3. The third-order valence-electron chi connectivity index (χ3n) is 8.57. The Kier molecular flexibility index (Phi) is 5.20. The lowest BCUT2D eigenvalue weighted by atomic mass is 9.97. The molecule has 0 unspecified atom stereocenters. The van der Waals surface area contributed by atoms with Crippen LogP contribution in [-0.4, -0.2) is 4.98 Å². The molecule has 9 rings (SSSR count). The molecule has 202 valence electrons. The molecule has 3 heteroatoms. The predicted molar refractivity (Wildman–Crippen MR) is 181 cm³/mol. The second-order valence-corrected chi connectivity index (χ2v) is 11.0. The van der Waals surface area contributed by atoms with Crippen molar-refractivity contribution in [3.63, 3.8) is 0 Å². The quantitative estimate of drug-likeness (QED) is 0.236. The summed E-state index contributed by atoms with van der Waals surface area (Å²) in [4.78, 5) is 6.00. The van der Waals surface area contributed by atoms with Crippen LogP contribution in [0.15, 0.2) is 156 Å². The van der Waals surface area contributed by atoms with Gasteiger partial charge in [0, 0.05) is 54.9 Å². The van der Waals surface area contributed by atoms with Gasteiger partial charge in [-0.15, -0.1) is 0 Å². The average Bonchev–Trinajstić information content (AvgIpc) is 3.65. The standard InChI is InChI=1S/C40H26N2O/c1-3-11-28(12-4-1)42(29-13-5-2-6-14-29)30-22-19-26(20-23-30)27-21-24-36-34(25-27)38-37-33-17-9-10-18-35(33)41-39(37)31-15-7-8-16-32(31)40(38)43-36/h1-25,41H. The van der Waals surface area contributed by atoms with Crippen molar-refractivity contribution in [3.05, 3.63) is 152 Å². The van der Waals surface area contributed by atoms with Gasteiger partial charge in [-0.05, 0) is 65.7 Å². The number of aromatic amines is 1. The van der Waals surface area contributed by atoms with E-state index in [9.17, 15) is 0 Å². The van der Waals surface area contributed by atoms with Crippen LogP contribution >= 0.6 is 0 Å². The van der Waals surface area contributed by atoms with Gasteiger partial charge in [-0.2, -0.15) is 0 Å². The third kappa shape index (κ3) is 3.68. The first-order valence-electron chi connectivity index (χ1n) is 14.6. The number of hydrogen-bond donors (Lipinski definition) is 1. The maximum atomic E-state index is 6.61. The Morgan fingerprint density at radius 1 is 0.442 bits per heavy atom. The summed E-state index contributed by atoms with van der Waals surface area (Å²) < 4.78 is 6.61. The molecule has 0 bridgehead atoms. The number of aromatic nitrogens is 1. The van der Waals surface area contributed by atoms with Crippen LogP contribution in [0.3, 0.4) is 0 Å². The van der Waals surface area contributed by atoms with Gasteiger partial charge >= 0.3 is 0 Å². The van der Waals surface area contributed by atoms with Gasteiger partial charge < -0.3 is 14.3 Å². The van der Waals surface area contributed by atoms with E-state index >= 15 is 0 Å². The van der Waals surface area contributed by atoms with Crippen LogP contribution in [0.5, 0.6) is 0 Å². The van der Waals surface area contributed by atoms with Gasteiger partial charge in [-0.3, -0.25) is 0 Å². The van der Waals surface area contributed by atoms with Crippen molar-refractivity contribution in [2.75, 3.05) is 4.90 Å². The lowest BCUT2D eigenvalue weighted by Crippen LogP contribution is -2.09. The SMILES string of the molecule is c1ccc(N(c2ccccc2)c2ccc(-c3ccc4oc5c6ccccc6c6[nH]c7ccccc7c6c5c4c3)cc2)cc1. The Bertz CT molecular complexity index is 2400. The van der Waals surface area contributed by atoms with E-state index in [-0.39, 0.29) is 0 Å². The fourth-order valence-electron chi connectivity index (χ4n) is 6.62. The molecule has 1 N–H and O–H groups in total. The maximum Gasteiger partial charge on any atom is 0.144 e. The summed E-state index contributed by atoms with van der Waals surface area (Å²) in [6.45, 7) is 0. The molecule has 0 aliphatic carbocycles. The molecular formula is C40H26N2O. The predicted octanol–water partition coefficient (Wildman–Crippen LogP) is 11.5. The largest absolute Gasteiger partial charge is 0.455 e. The first-order chi connectivity index (χ1) is 21.3. The molecule has 2 aromatic heterocycles. The van der Waals surface area contributed by atoms with E-state index in [1.807, 2.05) is 0 Å². The van der Waals surface area contributed by atoms with E-state index in [4.69, 9.17) is 4.42 Å². The number of para-hydroxylation sites is 3. The summed E-state index contributed by atoms with van der Waals surface area (Å²) in [5.74, 6) is 0. The molecule has 0 radical (unpaired) electrons. The Morgan fingerprint density at radius 2 is 1.02 bits per heavy atom. The minimum atomic E-state index is 0.901. The Morgan fingerprint density at radius 3 is 1.74 bits per heavy atom. The Hall–Kier alpha value is -5.80. The van der Waals surface area contributed by atoms with Crippen molar-refractivity contribution in [3.8, 4) is 11.1 Å². The molecule has 0 aliphatic rings. The molecule has 43 heavy (non-hydrogen) atoms. The highest BCUT2D eigenvalue weighted by atomic mass is 16.3. The topological polar surface area (TPSA) is 32.2 Å². The second kappa shape index (κ2) is 9.37. The van der Waals surface area contributed by atoms with Crippen LogP contribution in [0.2, 0.25) is 0 Å². The molecule has 7 aromatic carbocycles. The third-order valence-corrected chi connectivity index (χ3v) is 8.57. The molecule has 0 aliphatic heterocycles. The van der Waals surface area contributed by atoms with Crippen molar-refractivity contribution in [1.29, 1.82) is 0 Å². The first kappa shape index (κ1) is 23.9. The number of rotatable bonds is 4. The summed E-state index contributed by atoms with van der Waals surface area (Å²) in [5.41, 5.74) is 9.83. The zero-order chi connectivity index (χ0) is 28.3. The van der Waals surface area contributed by atoms with Gasteiger partial charge in [0.15, 0.2) is 0 Å². The molecule has 0 atom stereocenters. The number of hydrogen-bond acceptors (Lipinski definition) is 2. The monoisotopic (exact) mass is 550 g/mol. The van der Waals surface area contributed by atoms with E-state index in [0.717, 1.165) is 61.2 Å². The van der Waals surface area contributed by atoms with Crippen LogP contribution in [0.4, 0.5) is 17.1 Å². The van der Waals surface area contributed by atoms with Gasteiger partial charge in [0.1, 0.15) is 11.2 Å². The molecule has 0 spiro atoms. The van der Waals surface area contributed by atoms with E-state index in [1.165, 1.54) is 21.5 Å². The summed E-state index contributed by atoms with van der Waals surface area (Å²) >= 11 is 0. The average molecular weight is 551 g/mol. The summed E-state index contributed by atoms with van der Waals surface area (Å²) in [6.07, 6.45) is 0. The number of benzene rings is 7. The number of nitrogens with one attached hydrogen (secondary N) is 1. The minimum absolute atomic E-state index is 0.901. The van der Waals surface area contributed by atoms with Gasteiger partial charge in [0.05, 0.1) is 5.52 Å². The summed E-state index contributed by atoms with van der Waals surface area (Å²) in [7, 11) is 0. The smallest absolute Gasteiger partial charge is 0.144 e. The van der Waals surface area contributed by atoms with E-state index < -0.39 is 0 Å². The van der Waals surface area contributed by atoms with Crippen LogP contribution in [0, 0.1) is 0 Å². The van der Waals surface area contributed by atoms with Crippen LogP contribution in [-0.2, 0) is 0 Å². The van der Waals surface area contributed by atoms with Gasteiger partial charge in [-0.25, -0.2) is 0 Å². The molecule has 0 fully saturated rings. The van der Waals surface area contributed by atoms with Crippen molar-refractivity contribution in [1.82, 2.24) is 4.98 Å². The van der Waals surface area contributed by atoms with Gasteiger partial charge in [0.25, 0.3) is 0 Å². The van der Waals surface area contributed by atoms with Gasteiger partial charge in [0.2, 0.25) is 0 Å². The van der Waals surface area contributed by atoms with Crippen LogP contribution in [0.1, 0.15) is 0 Å². The highest BCUT2D eigenvalue weighted by Crippen LogP contribution is 2.44. The molecule has 2 heterocycles. The van der Waals surface area contributed by atoms with Crippen molar-refractivity contribution in [2.24, 2.45) is 0 Å². The van der Waals surface area contributed by atoms with Crippen LogP contribution < -0.4 is 4.90 Å². The summed E-state index contributed by atoms with van der Waals surface area (Å²) in [6, 6.07) is 53.5. The highest BCUT2D eigenvalue weighted by Gasteiger charge is 2.20. The molecular weight excluding hydrogens is 524 g/mol. The number of anilines is 3. The maximum absolute atomic E-state index is 6.61. The van der Waals surface area contributed by atoms with Crippen LogP contribution in [0.25, 0.3) is 65.6 Å². The van der Waals surface area contributed by atoms with Crippen molar-refractivity contribution < 1.29 is 4.42 Å². The normalized spacial score (nSPS) is 11.7. The van der Waals surface area contributed by atoms with Gasteiger partial charge in [-0.1, -0.05) is 97.1 Å². The molecule has 9 aromatic rings. The Balaban J connectivity index is 1.23. The molecule has 3 nitrogen and oxygen atoms in total. The lowest BCUT2D eigenvalue weighted by Gasteiger charge is -2.25. The molecule has 0 amide bonds. The number of fused-ring (bicyclic) bond motifs is 10. The first-order valence-corrected chi connectivity index (χ1v) is 14.6. The van der Waals surface area contributed by atoms with Crippen molar-refractivity contribution >= 4 is 71.6 Å². The fraction of sp³-hybridized carbons (Fsp3) is 0. The number of H-pyrrole nitrogens is 1. The highest BCUT2D eigenvalue weighted by molar-refractivity contribution is 6.35. The zero-order valence-electron chi connectivity index (χ0n) is 23.3. The van der Waals surface area contributed by atoms with Crippen molar-refractivity contribution in [2.45, 2.75) is 0 Å². The van der Waals surface area contributed by atoms with E-state index in [0.29, 0.717) is 0 Å². The molecule has 0 saturated carbocycles. The number of furan rings is 1. The Labute approximate surface area is 248 Å². The van der Waals surface area contributed by atoms with E-state index in [2.05, 4.69) is 162 Å². The number of nitrogens with zero attached hydrogens (tertiary/aromatic N) is 1. The summed E-state index contributed by atoms with van der Waals surface area (Å²) in [5, 5.41) is 7.04. The fourth-order valence-corrected chi connectivity index (χ4v) is 6.62. The lowest BCUT2D eigenvalue weighted by molar-refractivity contribution is 0.673.